The van der Waals surface area contributed by atoms with E-state index in [1.54, 1.807) is 6.92 Å². The molecule has 0 N–H and O–H groups in total. The molecule has 4 nitrogen and oxygen atoms in total. The summed E-state index contributed by atoms with van der Waals surface area (Å²) in [5.74, 6) is -0.273. The molecule has 0 bridgehead atoms. The molecule has 0 saturated carbocycles. The number of hydrogen-bond donors (Lipinski definition) is 0. The molecule has 0 radical (unpaired) electrons. The molecule has 4 heteroatoms. The highest BCUT2D eigenvalue weighted by Gasteiger charge is 2.09. The average Bonchev–Trinajstić information content (AvgIpc) is 2.79. The van der Waals surface area contributed by atoms with E-state index in [0.717, 1.165) is 10.9 Å². The number of benzene rings is 1. The Morgan fingerprint density at radius 1 is 1.20 bits per heavy atom. The lowest BCUT2D eigenvalue weighted by Gasteiger charge is -2.05. The SMILES string of the molecule is CCOC(=O)CCC(=O)Cn1ccc2cc(C)ccc21. The van der Waals surface area contributed by atoms with Crippen molar-refractivity contribution in [2.45, 2.75) is 33.2 Å². The molecule has 0 aliphatic carbocycles. The van der Waals surface area contributed by atoms with Gasteiger partial charge in [-0.1, -0.05) is 11.6 Å². The van der Waals surface area contributed by atoms with Gasteiger partial charge in [0.15, 0.2) is 5.78 Å². The van der Waals surface area contributed by atoms with E-state index in [0.29, 0.717) is 13.2 Å². The van der Waals surface area contributed by atoms with E-state index in [1.165, 1.54) is 5.56 Å². The van der Waals surface area contributed by atoms with Crippen molar-refractivity contribution in [3.8, 4) is 0 Å². The van der Waals surface area contributed by atoms with Crippen LogP contribution in [0.3, 0.4) is 0 Å². The molecular formula is C16H19NO3. The maximum absolute atomic E-state index is 11.9. The van der Waals surface area contributed by atoms with Crippen LogP contribution in [0.1, 0.15) is 25.3 Å². The number of carbonyl (C=O) groups is 2. The number of ketones is 1. The summed E-state index contributed by atoms with van der Waals surface area (Å²) in [5.41, 5.74) is 2.24. The molecule has 2 aromatic rings. The van der Waals surface area contributed by atoms with Crippen molar-refractivity contribution in [3.63, 3.8) is 0 Å². The zero-order valence-corrected chi connectivity index (χ0v) is 11.9. The molecule has 0 aliphatic rings. The molecule has 106 valence electrons. The maximum Gasteiger partial charge on any atom is 0.306 e. The van der Waals surface area contributed by atoms with Crippen LogP contribution in [-0.4, -0.2) is 22.9 Å². The molecule has 0 fully saturated rings. The van der Waals surface area contributed by atoms with Crippen LogP contribution in [0.15, 0.2) is 30.5 Å². The van der Waals surface area contributed by atoms with Crippen molar-refractivity contribution in [2.75, 3.05) is 6.61 Å². The second kappa shape index (κ2) is 6.37. The molecule has 1 aromatic heterocycles. The summed E-state index contributed by atoms with van der Waals surface area (Å²) in [4.78, 5) is 23.1. The van der Waals surface area contributed by atoms with Gasteiger partial charge >= 0.3 is 5.97 Å². The van der Waals surface area contributed by atoms with Gasteiger partial charge in [-0.05, 0) is 37.4 Å². The van der Waals surface area contributed by atoms with Crippen molar-refractivity contribution in [2.24, 2.45) is 0 Å². The molecule has 0 spiro atoms. The average molecular weight is 273 g/mol. The fourth-order valence-corrected chi connectivity index (χ4v) is 2.20. The number of fused-ring (bicyclic) bond motifs is 1. The first-order valence-electron chi connectivity index (χ1n) is 6.83. The van der Waals surface area contributed by atoms with E-state index in [9.17, 15) is 9.59 Å². The molecular weight excluding hydrogens is 254 g/mol. The Balaban J connectivity index is 1.98. The highest BCUT2D eigenvalue weighted by Crippen LogP contribution is 2.17. The molecule has 1 heterocycles. The zero-order chi connectivity index (χ0) is 14.5. The largest absolute Gasteiger partial charge is 0.466 e. The first kappa shape index (κ1) is 14.3. The van der Waals surface area contributed by atoms with Gasteiger partial charge in [0, 0.05) is 18.1 Å². The molecule has 0 aliphatic heterocycles. The van der Waals surface area contributed by atoms with Gasteiger partial charge in [0.1, 0.15) is 0 Å². The number of Topliss-reactive ketones (excluding diaryl/α,β-unsaturated/α-hetero) is 1. The molecule has 20 heavy (non-hydrogen) atoms. The van der Waals surface area contributed by atoms with Crippen LogP contribution in [0.5, 0.6) is 0 Å². The van der Waals surface area contributed by atoms with Crippen LogP contribution in [-0.2, 0) is 20.9 Å². The Morgan fingerprint density at radius 2 is 2.00 bits per heavy atom. The smallest absolute Gasteiger partial charge is 0.306 e. The molecule has 0 amide bonds. The number of esters is 1. The topological polar surface area (TPSA) is 48.3 Å². The third-order valence-corrected chi connectivity index (χ3v) is 3.19. The molecule has 0 saturated heterocycles. The van der Waals surface area contributed by atoms with Gasteiger partial charge in [0.25, 0.3) is 0 Å². The Kier molecular flexibility index (Phi) is 4.56. The lowest BCUT2D eigenvalue weighted by Crippen LogP contribution is -2.12. The van der Waals surface area contributed by atoms with Crippen LogP contribution in [0.4, 0.5) is 0 Å². The number of nitrogens with zero attached hydrogens (tertiary/aromatic N) is 1. The Bertz CT molecular complexity index is 628. The minimum atomic E-state index is -0.311. The molecule has 0 atom stereocenters. The van der Waals surface area contributed by atoms with E-state index < -0.39 is 0 Å². The lowest BCUT2D eigenvalue weighted by atomic mass is 10.2. The number of aromatic nitrogens is 1. The summed E-state index contributed by atoms with van der Waals surface area (Å²) in [7, 11) is 0. The van der Waals surface area contributed by atoms with Gasteiger partial charge in [0.2, 0.25) is 0 Å². The van der Waals surface area contributed by atoms with Crippen LogP contribution < -0.4 is 0 Å². The van der Waals surface area contributed by atoms with E-state index in [2.05, 4.69) is 6.07 Å². The van der Waals surface area contributed by atoms with E-state index in [1.807, 2.05) is 35.9 Å². The third kappa shape index (κ3) is 3.47. The van der Waals surface area contributed by atoms with Crippen molar-refractivity contribution in [3.05, 3.63) is 36.0 Å². The van der Waals surface area contributed by atoms with Crippen LogP contribution >= 0.6 is 0 Å². The lowest BCUT2D eigenvalue weighted by molar-refractivity contribution is -0.144. The number of ether oxygens (including phenoxy) is 1. The first-order chi connectivity index (χ1) is 9.60. The van der Waals surface area contributed by atoms with E-state index in [4.69, 9.17) is 4.74 Å². The molecule has 1 aromatic carbocycles. The van der Waals surface area contributed by atoms with Gasteiger partial charge in [-0.15, -0.1) is 0 Å². The van der Waals surface area contributed by atoms with Crippen molar-refractivity contribution >= 4 is 22.7 Å². The first-order valence-corrected chi connectivity index (χ1v) is 6.83. The van der Waals surface area contributed by atoms with Crippen molar-refractivity contribution < 1.29 is 14.3 Å². The second-order valence-electron chi connectivity index (χ2n) is 4.85. The fraction of sp³-hybridized carbons (Fsp3) is 0.375. The van der Waals surface area contributed by atoms with E-state index >= 15 is 0 Å². The Labute approximate surface area is 118 Å². The molecule has 0 unspecified atom stereocenters. The van der Waals surface area contributed by atoms with E-state index in [-0.39, 0.29) is 24.6 Å². The quantitative estimate of drug-likeness (QED) is 0.760. The summed E-state index contributed by atoms with van der Waals surface area (Å²) in [6.07, 6.45) is 2.29. The van der Waals surface area contributed by atoms with Crippen molar-refractivity contribution in [1.29, 1.82) is 0 Å². The fourth-order valence-electron chi connectivity index (χ4n) is 2.20. The summed E-state index contributed by atoms with van der Waals surface area (Å²) >= 11 is 0. The molecule has 2 rings (SSSR count). The summed E-state index contributed by atoms with van der Waals surface area (Å²) in [6.45, 7) is 4.45. The number of rotatable bonds is 6. The minimum Gasteiger partial charge on any atom is -0.466 e. The van der Waals surface area contributed by atoms with Gasteiger partial charge in [-0.25, -0.2) is 0 Å². The summed E-state index contributed by atoms with van der Waals surface area (Å²) < 4.78 is 6.73. The Hall–Kier alpha value is -2.10. The van der Waals surface area contributed by atoms with Gasteiger partial charge in [0.05, 0.1) is 19.6 Å². The minimum absolute atomic E-state index is 0.0381. The second-order valence-corrected chi connectivity index (χ2v) is 4.85. The maximum atomic E-state index is 11.9. The van der Waals surface area contributed by atoms with Crippen LogP contribution in [0, 0.1) is 6.92 Å². The van der Waals surface area contributed by atoms with Gasteiger partial charge < -0.3 is 9.30 Å². The number of carbonyl (C=O) groups excluding carboxylic acids is 2. The number of hydrogen-bond acceptors (Lipinski definition) is 3. The number of aryl methyl sites for hydroxylation is 1. The zero-order valence-electron chi connectivity index (χ0n) is 11.9. The standard InChI is InChI=1S/C16H19NO3/c1-3-20-16(19)7-5-14(18)11-17-9-8-13-10-12(2)4-6-15(13)17/h4,6,8-10H,3,5,7,11H2,1-2H3. The predicted molar refractivity (Wildman–Crippen MR) is 77.5 cm³/mol. The normalized spacial score (nSPS) is 10.7. The van der Waals surface area contributed by atoms with Crippen molar-refractivity contribution in [1.82, 2.24) is 4.57 Å². The summed E-state index contributed by atoms with van der Waals surface area (Å²) in [5, 5.41) is 1.13. The highest BCUT2D eigenvalue weighted by molar-refractivity contribution is 5.86. The van der Waals surface area contributed by atoms with Crippen LogP contribution in [0.2, 0.25) is 0 Å². The Morgan fingerprint density at radius 3 is 2.75 bits per heavy atom. The van der Waals surface area contributed by atoms with Gasteiger partial charge in [-0.3, -0.25) is 9.59 Å². The van der Waals surface area contributed by atoms with Crippen LogP contribution in [0.25, 0.3) is 10.9 Å². The predicted octanol–water partition coefficient (Wildman–Crippen LogP) is 2.86. The highest BCUT2D eigenvalue weighted by atomic mass is 16.5. The monoisotopic (exact) mass is 273 g/mol. The summed E-state index contributed by atoms with van der Waals surface area (Å²) in [6, 6.07) is 8.14. The van der Waals surface area contributed by atoms with Gasteiger partial charge in [-0.2, -0.15) is 0 Å². The third-order valence-electron chi connectivity index (χ3n) is 3.19.